The number of alkyl halides is 5. The van der Waals surface area contributed by atoms with E-state index >= 15 is 0 Å². The molecule has 0 fully saturated rings. The first kappa shape index (κ1) is 14.3. The summed E-state index contributed by atoms with van der Waals surface area (Å²) in [5, 5.41) is -1.01. The van der Waals surface area contributed by atoms with Gasteiger partial charge in [-0.2, -0.15) is 21.6 Å². The van der Waals surface area contributed by atoms with Gasteiger partial charge in [-0.3, -0.25) is 0 Å². The van der Waals surface area contributed by atoms with Gasteiger partial charge in [-0.15, -0.1) is 11.6 Å². The largest absolute Gasteiger partial charge is 0.523 e. The van der Waals surface area contributed by atoms with Gasteiger partial charge >= 0.3 is 15.6 Å². The maximum absolute atomic E-state index is 11.7. The minimum Gasteiger partial charge on any atom is -0.242 e. The average molecular weight is 275 g/mol. The van der Waals surface area contributed by atoms with Crippen LogP contribution in [0.15, 0.2) is 0 Å². The molecule has 86 valence electrons. The van der Waals surface area contributed by atoms with Crippen molar-refractivity contribution < 1.29 is 25.8 Å². The minimum atomic E-state index is -5.67. The second kappa shape index (κ2) is 4.87. The summed E-state index contributed by atoms with van der Waals surface area (Å²) in [6.45, 7) is 1.52. The van der Waals surface area contributed by atoms with Crippen LogP contribution < -0.4 is 0 Å². The molecule has 0 heterocycles. The number of halogens is 5. The van der Waals surface area contributed by atoms with E-state index < -0.39 is 26.6 Å². The summed E-state index contributed by atoms with van der Waals surface area (Å²) >= 11 is 10.6. The van der Waals surface area contributed by atoms with Crippen molar-refractivity contribution in [3.8, 4) is 0 Å². The molecule has 0 aromatic carbocycles. The highest BCUT2D eigenvalue weighted by Crippen LogP contribution is 2.28. The SMILES string of the molecule is CCC(Cl)C(Cl)OS(=O)(=O)C(F)(F)F. The molecule has 3 nitrogen and oxygen atoms in total. The van der Waals surface area contributed by atoms with Crippen LogP contribution in [0.1, 0.15) is 13.3 Å². The van der Waals surface area contributed by atoms with Gasteiger partial charge in [0.15, 0.2) is 5.56 Å². The molecule has 0 rings (SSSR count). The maximum atomic E-state index is 11.7. The average Bonchev–Trinajstić information content (AvgIpc) is 2.00. The van der Waals surface area contributed by atoms with Crippen molar-refractivity contribution >= 4 is 33.3 Å². The molecular formula is C5H7Cl2F3O3S. The van der Waals surface area contributed by atoms with Crippen molar-refractivity contribution in [1.82, 2.24) is 0 Å². The van der Waals surface area contributed by atoms with Crippen molar-refractivity contribution in [2.24, 2.45) is 0 Å². The molecule has 14 heavy (non-hydrogen) atoms. The fourth-order valence-electron chi connectivity index (χ4n) is 0.421. The van der Waals surface area contributed by atoms with E-state index in [1.165, 1.54) is 6.92 Å². The Hall–Kier alpha value is 0.280. The maximum Gasteiger partial charge on any atom is 0.523 e. The zero-order valence-corrected chi connectivity index (χ0v) is 9.21. The predicted octanol–water partition coefficient (Wildman–Crippen LogP) is 2.43. The number of hydrogen-bond acceptors (Lipinski definition) is 3. The smallest absolute Gasteiger partial charge is 0.242 e. The van der Waals surface area contributed by atoms with Crippen molar-refractivity contribution in [2.75, 3.05) is 0 Å². The molecule has 9 heteroatoms. The first-order valence-electron chi connectivity index (χ1n) is 3.39. The molecule has 0 saturated carbocycles. The molecule has 0 aliphatic rings. The van der Waals surface area contributed by atoms with Gasteiger partial charge in [0.1, 0.15) is 0 Å². The van der Waals surface area contributed by atoms with Crippen LogP contribution in [0.4, 0.5) is 13.2 Å². The summed E-state index contributed by atoms with van der Waals surface area (Å²) in [6.07, 6.45) is 0.184. The third-order valence-corrected chi connectivity index (χ3v) is 3.37. The fraction of sp³-hybridized carbons (Fsp3) is 1.00. The third-order valence-electron chi connectivity index (χ3n) is 1.18. The molecular weight excluding hydrogens is 268 g/mol. The Balaban J connectivity index is 4.54. The number of rotatable bonds is 4. The standard InChI is InChI=1S/C5H7Cl2F3O3S/c1-2-3(6)4(7)13-14(11,12)5(8,9)10/h3-4H,2H2,1H3. The summed E-state index contributed by atoms with van der Waals surface area (Å²) in [5.74, 6) is 0. The second-order valence-electron chi connectivity index (χ2n) is 2.27. The van der Waals surface area contributed by atoms with E-state index in [9.17, 15) is 21.6 Å². The van der Waals surface area contributed by atoms with Crippen LogP contribution in [0.3, 0.4) is 0 Å². The lowest BCUT2D eigenvalue weighted by Crippen LogP contribution is -2.31. The van der Waals surface area contributed by atoms with Crippen LogP contribution in [-0.4, -0.2) is 24.9 Å². The monoisotopic (exact) mass is 274 g/mol. The predicted molar refractivity (Wildman–Crippen MR) is 45.6 cm³/mol. The summed E-state index contributed by atoms with van der Waals surface area (Å²) in [6, 6.07) is 0. The Morgan fingerprint density at radius 1 is 1.36 bits per heavy atom. The van der Waals surface area contributed by atoms with Gasteiger partial charge in [-0.05, 0) is 6.42 Å². The van der Waals surface area contributed by atoms with E-state index in [1.54, 1.807) is 0 Å². The lowest BCUT2D eigenvalue weighted by atomic mass is 10.3. The molecule has 0 saturated heterocycles. The molecule has 0 bridgehead atoms. The highest BCUT2D eigenvalue weighted by molar-refractivity contribution is 7.87. The van der Waals surface area contributed by atoms with Crippen molar-refractivity contribution in [2.45, 2.75) is 29.8 Å². The van der Waals surface area contributed by atoms with E-state index in [1.807, 2.05) is 0 Å². The first-order chi connectivity index (χ1) is 6.12. The molecule has 0 aromatic rings. The molecule has 0 aliphatic carbocycles. The zero-order chi connectivity index (χ0) is 11.6. The van der Waals surface area contributed by atoms with Crippen molar-refractivity contribution in [1.29, 1.82) is 0 Å². The van der Waals surface area contributed by atoms with E-state index in [0.717, 1.165) is 0 Å². The van der Waals surface area contributed by atoms with Crippen molar-refractivity contribution in [3.05, 3.63) is 0 Å². The normalized spacial score (nSPS) is 17.9. The van der Waals surface area contributed by atoms with Crippen molar-refractivity contribution in [3.63, 3.8) is 0 Å². The summed E-state index contributed by atoms with van der Waals surface area (Å²) < 4.78 is 59.7. The van der Waals surface area contributed by atoms with Gasteiger partial charge < -0.3 is 0 Å². The van der Waals surface area contributed by atoms with Crippen LogP contribution in [0, 0.1) is 0 Å². The van der Waals surface area contributed by atoms with E-state index in [-0.39, 0.29) is 6.42 Å². The fourth-order valence-corrected chi connectivity index (χ4v) is 1.48. The molecule has 2 unspecified atom stereocenters. The Bertz CT molecular complexity index is 276. The molecule has 0 N–H and O–H groups in total. The highest BCUT2D eigenvalue weighted by Gasteiger charge is 2.49. The summed E-state index contributed by atoms with van der Waals surface area (Å²) in [4.78, 5) is 0. The van der Waals surface area contributed by atoms with Gasteiger partial charge in [-0.25, -0.2) is 4.18 Å². The Morgan fingerprint density at radius 2 is 1.79 bits per heavy atom. The van der Waals surface area contributed by atoms with E-state index in [2.05, 4.69) is 4.18 Å². The van der Waals surface area contributed by atoms with Gasteiger partial charge in [0.05, 0.1) is 5.38 Å². The number of hydrogen-bond donors (Lipinski definition) is 0. The second-order valence-corrected chi connectivity index (χ2v) is 4.83. The van der Waals surface area contributed by atoms with Gasteiger partial charge in [0.25, 0.3) is 0 Å². The van der Waals surface area contributed by atoms with Crippen LogP contribution in [0.2, 0.25) is 0 Å². The molecule has 0 aromatic heterocycles. The van der Waals surface area contributed by atoms with Crippen LogP contribution in [0.5, 0.6) is 0 Å². The highest BCUT2D eigenvalue weighted by atomic mass is 35.5. The molecule has 0 aliphatic heterocycles. The van der Waals surface area contributed by atoms with E-state index in [0.29, 0.717) is 0 Å². The Kier molecular flexibility index (Phi) is 4.97. The Morgan fingerprint density at radius 3 is 2.07 bits per heavy atom. The molecule has 2 atom stereocenters. The van der Waals surface area contributed by atoms with Crippen LogP contribution >= 0.6 is 23.2 Å². The molecule has 0 spiro atoms. The van der Waals surface area contributed by atoms with Gasteiger partial charge in [-0.1, -0.05) is 18.5 Å². The molecule has 0 radical (unpaired) electrons. The lowest BCUT2D eigenvalue weighted by molar-refractivity contribution is -0.0552. The minimum absolute atomic E-state index is 0.184. The van der Waals surface area contributed by atoms with E-state index in [4.69, 9.17) is 23.2 Å². The Labute approximate surface area is 89.3 Å². The lowest BCUT2D eigenvalue weighted by Gasteiger charge is -2.15. The summed E-state index contributed by atoms with van der Waals surface area (Å²) in [7, 11) is -5.67. The van der Waals surface area contributed by atoms with Crippen LogP contribution in [0.25, 0.3) is 0 Å². The summed E-state index contributed by atoms with van der Waals surface area (Å²) in [5.41, 5.74) is -7.21. The van der Waals surface area contributed by atoms with Gasteiger partial charge in [0, 0.05) is 0 Å². The first-order valence-corrected chi connectivity index (χ1v) is 5.67. The quantitative estimate of drug-likeness (QED) is 0.449. The zero-order valence-electron chi connectivity index (χ0n) is 6.88. The topological polar surface area (TPSA) is 43.4 Å². The van der Waals surface area contributed by atoms with Gasteiger partial charge in [0.2, 0.25) is 0 Å². The molecule has 0 amide bonds. The van der Waals surface area contributed by atoms with Crippen LogP contribution in [-0.2, 0) is 14.3 Å². The third kappa shape index (κ3) is 3.80.